The molecular weight excluding hydrogens is 428 g/mol. The van der Waals surface area contributed by atoms with Crippen molar-refractivity contribution in [3.8, 4) is 22.8 Å². The minimum atomic E-state index is -0.766. The fourth-order valence-electron chi connectivity index (χ4n) is 2.82. The van der Waals surface area contributed by atoms with Crippen LogP contribution in [-0.2, 0) is 0 Å². The maximum absolute atomic E-state index is 12.6. The summed E-state index contributed by atoms with van der Waals surface area (Å²) in [5, 5.41) is 26.9. The zero-order chi connectivity index (χ0) is 22.7. The highest BCUT2D eigenvalue weighted by atomic mass is 32.1. The maximum atomic E-state index is 12.6. The van der Waals surface area contributed by atoms with Gasteiger partial charge in [-0.1, -0.05) is 0 Å². The number of thiazole rings is 1. The lowest BCUT2D eigenvalue weighted by molar-refractivity contribution is -0.395. The Kier molecular flexibility index (Phi) is 6.11. The van der Waals surface area contributed by atoms with Gasteiger partial charge in [0.05, 0.1) is 35.3 Å². The molecule has 0 saturated carbocycles. The summed E-state index contributed by atoms with van der Waals surface area (Å²) in [5.74, 6) is 0.315. The Morgan fingerprint density at radius 2 is 1.65 bits per heavy atom. The number of carbonyl (C=O) groups excluding carboxylic acids is 1. The van der Waals surface area contributed by atoms with Gasteiger partial charge in [0.1, 0.15) is 5.56 Å². The summed E-state index contributed by atoms with van der Waals surface area (Å²) in [6.07, 6.45) is 0. The van der Waals surface area contributed by atoms with E-state index in [1.807, 2.05) is 0 Å². The highest BCUT2D eigenvalue weighted by Gasteiger charge is 2.25. The van der Waals surface area contributed by atoms with Crippen molar-refractivity contribution in [3.63, 3.8) is 0 Å². The molecule has 0 unspecified atom stereocenters. The van der Waals surface area contributed by atoms with Crippen LogP contribution in [-0.4, -0.2) is 35.0 Å². The minimum Gasteiger partial charge on any atom is -0.493 e. The predicted octanol–water partition coefficient (Wildman–Crippen LogP) is 4.20. The number of nitrogens with one attached hydrogen (secondary N) is 1. The molecule has 1 amide bonds. The molecule has 3 rings (SSSR count). The lowest BCUT2D eigenvalue weighted by Gasteiger charge is -2.08. The van der Waals surface area contributed by atoms with Crippen LogP contribution in [0.4, 0.5) is 16.5 Å². The summed E-state index contributed by atoms with van der Waals surface area (Å²) in [4.78, 5) is 37.8. The van der Waals surface area contributed by atoms with Crippen molar-refractivity contribution in [1.82, 2.24) is 4.98 Å². The molecule has 1 heterocycles. The van der Waals surface area contributed by atoms with E-state index in [4.69, 9.17) is 9.47 Å². The van der Waals surface area contributed by atoms with Crippen molar-refractivity contribution in [2.75, 3.05) is 19.5 Å². The van der Waals surface area contributed by atoms with Gasteiger partial charge in [0.15, 0.2) is 16.6 Å². The summed E-state index contributed by atoms with van der Waals surface area (Å²) in [6.45, 7) is 1.26. The fraction of sp³-hybridized carbons (Fsp3) is 0.158. The van der Waals surface area contributed by atoms with Gasteiger partial charge in [-0.25, -0.2) is 4.98 Å². The topological polar surface area (TPSA) is 147 Å². The van der Waals surface area contributed by atoms with Crippen molar-refractivity contribution in [3.05, 3.63) is 67.1 Å². The number of carbonyl (C=O) groups is 1. The first kappa shape index (κ1) is 21.6. The number of methoxy groups -OCH3 is 2. The van der Waals surface area contributed by atoms with E-state index in [0.29, 0.717) is 17.2 Å². The molecular formula is C19H16N4O7S. The number of rotatable bonds is 7. The number of nitro groups is 2. The van der Waals surface area contributed by atoms with Crippen LogP contribution >= 0.6 is 11.3 Å². The molecule has 0 aliphatic carbocycles. The van der Waals surface area contributed by atoms with E-state index in [0.717, 1.165) is 29.0 Å². The Bertz CT molecular complexity index is 1160. The molecule has 160 valence electrons. The van der Waals surface area contributed by atoms with Crippen molar-refractivity contribution >= 4 is 33.8 Å². The first-order valence-corrected chi connectivity index (χ1v) is 9.55. The second kappa shape index (κ2) is 8.75. The largest absolute Gasteiger partial charge is 0.493 e. The van der Waals surface area contributed by atoms with Gasteiger partial charge in [-0.3, -0.25) is 30.3 Å². The first-order chi connectivity index (χ1) is 14.7. The number of hydrogen-bond donors (Lipinski definition) is 1. The highest BCUT2D eigenvalue weighted by Crippen LogP contribution is 2.34. The molecule has 11 nitrogen and oxygen atoms in total. The van der Waals surface area contributed by atoms with E-state index in [-0.39, 0.29) is 16.3 Å². The van der Waals surface area contributed by atoms with Crippen LogP contribution in [0.25, 0.3) is 11.3 Å². The highest BCUT2D eigenvalue weighted by molar-refractivity contribution is 7.14. The molecule has 3 aromatic rings. The van der Waals surface area contributed by atoms with E-state index in [2.05, 4.69) is 10.3 Å². The van der Waals surface area contributed by atoms with Crippen molar-refractivity contribution in [2.45, 2.75) is 6.92 Å². The third kappa shape index (κ3) is 4.43. The molecule has 0 bridgehead atoms. The van der Waals surface area contributed by atoms with Gasteiger partial charge in [-0.15, -0.1) is 11.3 Å². The molecule has 12 heteroatoms. The number of benzene rings is 2. The number of anilines is 1. The third-order valence-corrected chi connectivity index (χ3v) is 5.17. The summed E-state index contributed by atoms with van der Waals surface area (Å²) in [5.41, 5.74) is -0.0875. The molecule has 0 radical (unpaired) electrons. The lowest BCUT2D eigenvalue weighted by atomic mass is 10.1. The van der Waals surface area contributed by atoms with Crippen LogP contribution in [0, 0.1) is 27.2 Å². The Morgan fingerprint density at radius 3 is 2.19 bits per heavy atom. The Balaban J connectivity index is 1.88. The van der Waals surface area contributed by atoms with Gasteiger partial charge in [-0.2, -0.15) is 0 Å². The standard InChI is InChI=1S/C19H16N4O7S/c1-10-14(22(25)26)6-12(7-15(10)23(27)28)18(24)21-19-20-13(9-31-19)11-4-5-16(29-2)17(8-11)30-3/h4-9H,1-3H3,(H,20,21,24). The van der Waals surface area contributed by atoms with Gasteiger partial charge in [-0.05, 0) is 25.1 Å². The van der Waals surface area contributed by atoms with Crippen LogP contribution < -0.4 is 14.8 Å². The van der Waals surface area contributed by atoms with Crippen molar-refractivity contribution < 1.29 is 24.1 Å². The SMILES string of the molecule is COc1ccc(-c2csc(NC(=O)c3cc([N+](=O)[O-])c(C)c([N+](=O)[O-])c3)n2)cc1OC. The monoisotopic (exact) mass is 444 g/mol. The zero-order valence-corrected chi connectivity index (χ0v) is 17.4. The molecule has 2 aromatic carbocycles. The summed E-state index contributed by atoms with van der Waals surface area (Å²) < 4.78 is 10.5. The quantitative estimate of drug-likeness (QED) is 0.421. The number of aromatic nitrogens is 1. The lowest BCUT2D eigenvalue weighted by Crippen LogP contribution is -2.13. The molecule has 0 aliphatic rings. The number of hydrogen-bond acceptors (Lipinski definition) is 9. The van der Waals surface area contributed by atoms with Crippen LogP contribution in [0.5, 0.6) is 11.5 Å². The molecule has 0 saturated heterocycles. The Morgan fingerprint density at radius 1 is 1.03 bits per heavy atom. The Hall–Kier alpha value is -4.06. The third-order valence-electron chi connectivity index (χ3n) is 4.41. The average Bonchev–Trinajstić information content (AvgIpc) is 3.21. The van der Waals surface area contributed by atoms with Gasteiger partial charge in [0, 0.05) is 23.1 Å². The second-order valence-electron chi connectivity index (χ2n) is 6.22. The number of amides is 1. The zero-order valence-electron chi connectivity index (χ0n) is 16.6. The normalized spacial score (nSPS) is 10.4. The predicted molar refractivity (Wildman–Crippen MR) is 113 cm³/mol. The first-order valence-electron chi connectivity index (χ1n) is 8.67. The smallest absolute Gasteiger partial charge is 0.279 e. The fourth-order valence-corrected chi connectivity index (χ4v) is 3.54. The molecule has 0 atom stereocenters. The average molecular weight is 444 g/mol. The molecule has 0 spiro atoms. The Labute approximate surface area is 179 Å². The number of nitro benzene ring substituents is 2. The van der Waals surface area contributed by atoms with E-state index >= 15 is 0 Å². The van der Waals surface area contributed by atoms with Crippen LogP contribution in [0.2, 0.25) is 0 Å². The van der Waals surface area contributed by atoms with Crippen molar-refractivity contribution in [2.24, 2.45) is 0 Å². The van der Waals surface area contributed by atoms with E-state index in [1.54, 1.807) is 23.6 Å². The number of nitrogens with zero attached hydrogens (tertiary/aromatic N) is 3. The van der Waals surface area contributed by atoms with E-state index in [1.165, 1.54) is 21.1 Å². The van der Waals surface area contributed by atoms with Gasteiger partial charge >= 0.3 is 0 Å². The van der Waals surface area contributed by atoms with E-state index < -0.39 is 27.1 Å². The summed E-state index contributed by atoms with van der Waals surface area (Å²) >= 11 is 1.13. The molecule has 1 N–H and O–H groups in total. The summed E-state index contributed by atoms with van der Waals surface area (Å²) in [7, 11) is 3.03. The van der Waals surface area contributed by atoms with Gasteiger partial charge in [0.25, 0.3) is 17.3 Å². The van der Waals surface area contributed by atoms with Crippen LogP contribution in [0.1, 0.15) is 15.9 Å². The summed E-state index contributed by atoms with van der Waals surface area (Å²) in [6, 6.07) is 7.22. The molecule has 1 aromatic heterocycles. The van der Waals surface area contributed by atoms with Crippen molar-refractivity contribution in [1.29, 1.82) is 0 Å². The molecule has 0 aliphatic heterocycles. The van der Waals surface area contributed by atoms with Gasteiger partial charge < -0.3 is 9.47 Å². The van der Waals surface area contributed by atoms with Gasteiger partial charge in [0.2, 0.25) is 0 Å². The maximum Gasteiger partial charge on any atom is 0.279 e. The second-order valence-corrected chi connectivity index (χ2v) is 7.07. The molecule has 31 heavy (non-hydrogen) atoms. The van der Waals surface area contributed by atoms with E-state index in [9.17, 15) is 25.0 Å². The van der Waals surface area contributed by atoms with Crippen LogP contribution in [0.15, 0.2) is 35.7 Å². The van der Waals surface area contributed by atoms with Crippen LogP contribution in [0.3, 0.4) is 0 Å². The minimum absolute atomic E-state index is 0.128. The molecule has 0 fully saturated rings. The number of ether oxygens (including phenoxy) is 2.